The second-order valence-electron chi connectivity index (χ2n) is 11.7. The van der Waals surface area contributed by atoms with Crippen molar-refractivity contribution in [1.82, 2.24) is 4.98 Å². The van der Waals surface area contributed by atoms with Crippen LogP contribution in [0.3, 0.4) is 0 Å². The average Bonchev–Trinajstić information content (AvgIpc) is 3.05. The Labute approximate surface area is 277 Å². The summed E-state index contributed by atoms with van der Waals surface area (Å²) in [7, 11) is 4.69. The van der Waals surface area contributed by atoms with Gasteiger partial charge in [0.2, 0.25) is 0 Å². The number of ether oxygens (including phenoxy) is 4. The standard InChI is InChI=1S/C36H38N4O6S/c1-36(2,3)22-16-30(34(45-6)32(17-22)47(7)42)40-35(41)39-29-12-13-31(28-11-9-8-10-27(28)29)46-24-14-15-37-33(21-24)38-23-18-25(43-4)20-26(19-23)44-5/h8-21H,1-7H3,(H,37,38)(H2,39,40,41). The maximum Gasteiger partial charge on any atom is 0.323 e. The number of methoxy groups -OCH3 is 3. The van der Waals surface area contributed by atoms with Gasteiger partial charge in [-0.15, -0.1) is 0 Å². The molecule has 1 unspecified atom stereocenters. The van der Waals surface area contributed by atoms with Gasteiger partial charge in [0.05, 0.1) is 32.7 Å². The van der Waals surface area contributed by atoms with Crippen LogP contribution in [0.1, 0.15) is 26.3 Å². The SMILES string of the molecule is COc1cc(Nc2cc(Oc3ccc(NC(=O)Nc4cc(C(C)(C)C)cc([S+](C)[O-])c4OC)c4ccccc34)ccn2)cc(OC)c1. The summed E-state index contributed by atoms with van der Waals surface area (Å²) in [5.74, 6) is 3.38. The Balaban J connectivity index is 1.38. The molecule has 244 valence electrons. The van der Waals surface area contributed by atoms with Crippen LogP contribution in [0, 0.1) is 0 Å². The van der Waals surface area contributed by atoms with Gasteiger partial charge in [-0.3, -0.25) is 0 Å². The van der Waals surface area contributed by atoms with Gasteiger partial charge in [0, 0.05) is 53.0 Å². The van der Waals surface area contributed by atoms with E-state index in [2.05, 4.69) is 41.7 Å². The molecule has 2 amide bonds. The maximum atomic E-state index is 13.4. The molecule has 10 nitrogen and oxygen atoms in total. The van der Waals surface area contributed by atoms with E-state index in [1.165, 1.54) is 7.11 Å². The molecule has 4 aromatic carbocycles. The number of pyridine rings is 1. The summed E-state index contributed by atoms with van der Waals surface area (Å²) >= 11 is -1.33. The Bertz CT molecular complexity index is 1890. The van der Waals surface area contributed by atoms with Crippen molar-refractivity contribution < 1.29 is 28.3 Å². The molecule has 0 aliphatic carbocycles. The zero-order valence-corrected chi connectivity index (χ0v) is 28.2. The number of aromatic nitrogens is 1. The molecule has 1 aromatic heterocycles. The van der Waals surface area contributed by atoms with Gasteiger partial charge < -0.3 is 39.5 Å². The Morgan fingerprint density at radius 1 is 0.787 bits per heavy atom. The van der Waals surface area contributed by atoms with Gasteiger partial charge in [-0.05, 0) is 46.4 Å². The molecule has 0 radical (unpaired) electrons. The molecular weight excluding hydrogens is 616 g/mol. The van der Waals surface area contributed by atoms with Crippen molar-refractivity contribution in [2.75, 3.05) is 43.5 Å². The molecule has 0 saturated carbocycles. The van der Waals surface area contributed by atoms with Crippen molar-refractivity contribution in [3.8, 4) is 28.7 Å². The number of nitrogens with zero attached hydrogens (tertiary/aromatic N) is 1. The number of hydrogen-bond acceptors (Lipinski definition) is 8. The van der Waals surface area contributed by atoms with Crippen molar-refractivity contribution in [3.63, 3.8) is 0 Å². The van der Waals surface area contributed by atoms with E-state index in [0.717, 1.165) is 22.0 Å². The zero-order valence-electron chi connectivity index (χ0n) is 27.4. The fourth-order valence-corrected chi connectivity index (χ4v) is 5.74. The van der Waals surface area contributed by atoms with Gasteiger partial charge in [0.25, 0.3) is 0 Å². The van der Waals surface area contributed by atoms with Crippen molar-refractivity contribution in [2.24, 2.45) is 0 Å². The van der Waals surface area contributed by atoms with Crippen molar-refractivity contribution in [2.45, 2.75) is 31.1 Å². The van der Waals surface area contributed by atoms with E-state index in [4.69, 9.17) is 18.9 Å². The number of nitrogens with one attached hydrogen (secondary N) is 3. The minimum atomic E-state index is -1.33. The fourth-order valence-electron chi connectivity index (χ4n) is 4.99. The fraction of sp³-hybridized carbons (Fsp3) is 0.222. The summed E-state index contributed by atoms with van der Waals surface area (Å²) in [5.41, 5.74) is 2.43. The summed E-state index contributed by atoms with van der Waals surface area (Å²) in [5, 5.41) is 10.7. The number of amides is 2. The van der Waals surface area contributed by atoms with Crippen LogP contribution in [0.5, 0.6) is 28.7 Å². The number of urea groups is 1. The second kappa shape index (κ2) is 14.1. The summed E-state index contributed by atoms with van der Waals surface area (Å²) in [4.78, 5) is 18.3. The predicted octanol–water partition coefficient (Wildman–Crippen LogP) is 8.48. The minimum Gasteiger partial charge on any atom is -0.612 e. The number of anilines is 4. The van der Waals surface area contributed by atoms with E-state index in [1.54, 1.807) is 57.0 Å². The summed E-state index contributed by atoms with van der Waals surface area (Å²) < 4.78 is 35.2. The van der Waals surface area contributed by atoms with Crippen molar-refractivity contribution in [3.05, 3.63) is 90.6 Å². The first-order valence-corrected chi connectivity index (χ1v) is 16.3. The smallest absolute Gasteiger partial charge is 0.323 e. The molecule has 1 heterocycles. The van der Waals surface area contributed by atoms with Gasteiger partial charge in [-0.1, -0.05) is 45.0 Å². The third-order valence-electron chi connectivity index (χ3n) is 7.40. The molecule has 0 bridgehead atoms. The molecule has 0 aliphatic rings. The predicted molar refractivity (Wildman–Crippen MR) is 188 cm³/mol. The molecule has 0 spiro atoms. The zero-order chi connectivity index (χ0) is 33.7. The molecular formula is C36H38N4O6S. The molecule has 5 aromatic rings. The lowest BCUT2D eigenvalue weighted by Crippen LogP contribution is -2.22. The van der Waals surface area contributed by atoms with E-state index < -0.39 is 17.2 Å². The van der Waals surface area contributed by atoms with Crippen LogP contribution in [-0.4, -0.2) is 43.2 Å². The van der Waals surface area contributed by atoms with Gasteiger partial charge in [0.1, 0.15) is 35.1 Å². The first kappa shape index (κ1) is 33.2. The highest BCUT2D eigenvalue weighted by molar-refractivity contribution is 7.90. The maximum absolute atomic E-state index is 13.4. The van der Waals surface area contributed by atoms with E-state index in [-0.39, 0.29) is 5.41 Å². The quantitative estimate of drug-likeness (QED) is 0.128. The van der Waals surface area contributed by atoms with Gasteiger partial charge in [-0.2, -0.15) is 0 Å². The van der Waals surface area contributed by atoms with Gasteiger partial charge >= 0.3 is 6.03 Å². The normalized spacial score (nSPS) is 11.8. The van der Waals surface area contributed by atoms with Crippen LogP contribution in [-0.2, 0) is 16.6 Å². The average molecular weight is 655 g/mol. The largest absolute Gasteiger partial charge is 0.612 e. The first-order valence-electron chi connectivity index (χ1n) is 14.8. The highest BCUT2D eigenvalue weighted by atomic mass is 32.2. The molecule has 3 N–H and O–H groups in total. The number of fused-ring (bicyclic) bond motifs is 1. The number of hydrogen-bond donors (Lipinski definition) is 3. The molecule has 0 aliphatic heterocycles. The summed E-state index contributed by atoms with van der Waals surface area (Å²) in [6, 6.07) is 23.5. The third kappa shape index (κ3) is 7.82. The lowest BCUT2D eigenvalue weighted by molar-refractivity contribution is 0.262. The van der Waals surface area contributed by atoms with Crippen LogP contribution in [0.25, 0.3) is 10.8 Å². The van der Waals surface area contributed by atoms with Crippen molar-refractivity contribution >= 4 is 50.9 Å². The number of benzene rings is 4. The molecule has 0 fully saturated rings. The lowest BCUT2D eigenvalue weighted by Gasteiger charge is -2.23. The van der Waals surface area contributed by atoms with Gasteiger partial charge in [0.15, 0.2) is 10.6 Å². The molecule has 11 heteroatoms. The van der Waals surface area contributed by atoms with Crippen LogP contribution in [0.4, 0.5) is 27.7 Å². The molecule has 5 rings (SSSR count). The van der Waals surface area contributed by atoms with E-state index in [1.807, 2.05) is 48.5 Å². The van der Waals surface area contributed by atoms with E-state index in [0.29, 0.717) is 50.8 Å². The first-order chi connectivity index (χ1) is 22.5. The third-order valence-corrected chi connectivity index (χ3v) is 8.32. The Morgan fingerprint density at radius 3 is 2.11 bits per heavy atom. The molecule has 1 atom stereocenters. The van der Waals surface area contributed by atoms with E-state index in [9.17, 15) is 9.35 Å². The Morgan fingerprint density at radius 2 is 1.47 bits per heavy atom. The highest BCUT2D eigenvalue weighted by Crippen LogP contribution is 2.39. The van der Waals surface area contributed by atoms with Crippen LogP contribution >= 0.6 is 0 Å². The lowest BCUT2D eigenvalue weighted by atomic mass is 9.86. The number of rotatable bonds is 10. The van der Waals surface area contributed by atoms with E-state index >= 15 is 0 Å². The number of carbonyl (C=O) groups excluding carboxylic acids is 1. The summed E-state index contributed by atoms with van der Waals surface area (Å²) in [6.07, 6.45) is 3.24. The second-order valence-corrected chi connectivity index (χ2v) is 13.0. The van der Waals surface area contributed by atoms with Gasteiger partial charge in [-0.25, -0.2) is 9.78 Å². The minimum absolute atomic E-state index is 0.242. The van der Waals surface area contributed by atoms with Crippen molar-refractivity contribution in [1.29, 1.82) is 0 Å². The highest BCUT2D eigenvalue weighted by Gasteiger charge is 2.25. The van der Waals surface area contributed by atoms with Crippen LogP contribution in [0.2, 0.25) is 0 Å². The molecule has 0 saturated heterocycles. The van der Waals surface area contributed by atoms with Crippen LogP contribution in [0.15, 0.2) is 90.0 Å². The monoisotopic (exact) mass is 654 g/mol. The summed E-state index contributed by atoms with van der Waals surface area (Å²) in [6.45, 7) is 6.16. The topological polar surface area (TPSA) is 126 Å². The Hall–Kier alpha value is -5.13. The number of carbonyl (C=O) groups is 1. The Kier molecular flexibility index (Phi) is 9.97. The molecule has 47 heavy (non-hydrogen) atoms. The van der Waals surface area contributed by atoms with Crippen LogP contribution < -0.4 is 34.9 Å².